The first-order chi connectivity index (χ1) is 12.4. The minimum Gasteiger partial charge on any atom is -0.493 e. The Morgan fingerprint density at radius 1 is 1.08 bits per heavy atom. The second-order valence-electron chi connectivity index (χ2n) is 5.99. The fourth-order valence-corrected chi connectivity index (χ4v) is 3.23. The van der Waals surface area contributed by atoms with Crippen molar-refractivity contribution in [1.82, 2.24) is 4.90 Å². The fourth-order valence-electron chi connectivity index (χ4n) is 2.63. The molecule has 6 heteroatoms. The van der Waals surface area contributed by atoms with Gasteiger partial charge in [-0.05, 0) is 76.9 Å². The van der Waals surface area contributed by atoms with Crippen molar-refractivity contribution in [3.05, 3.63) is 56.9 Å². The Labute approximate surface area is 167 Å². The molecule has 26 heavy (non-hydrogen) atoms. The lowest BCUT2D eigenvalue weighted by Gasteiger charge is -2.18. The summed E-state index contributed by atoms with van der Waals surface area (Å²) in [7, 11) is 4.99. The average Bonchev–Trinajstić information content (AvgIpc) is 2.66. The zero-order chi connectivity index (χ0) is 19.1. The van der Waals surface area contributed by atoms with E-state index in [0.717, 1.165) is 21.1 Å². The van der Waals surface area contributed by atoms with Crippen LogP contribution >= 0.6 is 22.6 Å². The quantitative estimate of drug-likeness (QED) is 0.545. The standard InChI is InChI=1S/C20H23FINO3/c1-23(11-10-14-4-8-18(25-2)19(12-14)26-3)20(24)9-5-15-13-16(21)6-7-17(15)22/h4,6-8,12-13H,5,9-11H2,1-3H3. The SMILES string of the molecule is COc1ccc(CCN(C)C(=O)CCc2cc(F)ccc2I)cc1OC. The molecule has 0 aliphatic carbocycles. The molecule has 0 fully saturated rings. The number of amides is 1. The summed E-state index contributed by atoms with van der Waals surface area (Å²) in [6.07, 6.45) is 1.62. The van der Waals surface area contributed by atoms with Gasteiger partial charge in [-0.15, -0.1) is 0 Å². The first-order valence-corrected chi connectivity index (χ1v) is 9.41. The minimum absolute atomic E-state index is 0.0468. The number of carbonyl (C=O) groups is 1. The third kappa shape index (κ3) is 5.59. The van der Waals surface area contributed by atoms with Gasteiger partial charge >= 0.3 is 0 Å². The van der Waals surface area contributed by atoms with E-state index in [-0.39, 0.29) is 11.7 Å². The molecule has 2 aromatic carbocycles. The summed E-state index contributed by atoms with van der Waals surface area (Å²) >= 11 is 2.16. The van der Waals surface area contributed by atoms with E-state index >= 15 is 0 Å². The van der Waals surface area contributed by atoms with Crippen LogP contribution in [0.3, 0.4) is 0 Å². The van der Waals surface area contributed by atoms with E-state index < -0.39 is 0 Å². The Morgan fingerprint density at radius 3 is 2.50 bits per heavy atom. The van der Waals surface area contributed by atoms with Gasteiger partial charge in [-0.2, -0.15) is 0 Å². The number of halogens is 2. The summed E-state index contributed by atoms with van der Waals surface area (Å²) in [5.41, 5.74) is 1.94. The number of aryl methyl sites for hydroxylation is 1. The van der Waals surface area contributed by atoms with E-state index in [2.05, 4.69) is 22.6 Å². The van der Waals surface area contributed by atoms with Crippen LogP contribution in [0.4, 0.5) is 4.39 Å². The van der Waals surface area contributed by atoms with Crippen molar-refractivity contribution in [2.45, 2.75) is 19.3 Å². The molecule has 0 aliphatic heterocycles. The second kappa shape index (κ2) is 9.75. The Kier molecular flexibility index (Phi) is 7.68. The van der Waals surface area contributed by atoms with Gasteiger partial charge in [0.2, 0.25) is 5.91 Å². The van der Waals surface area contributed by atoms with Gasteiger partial charge in [-0.3, -0.25) is 4.79 Å². The van der Waals surface area contributed by atoms with Gasteiger partial charge < -0.3 is 14.4 Å². The summed E-state index contributed by atoms with van der Waals surface area (Å²) in [5, 5.41) is 0. The van der Waals surface area contributed by atoms with Crippen LogP contribution in [0.1, 0.15) is 17.5 Å². The molecule has 0 atom stereocenters. The van der Waals surface area contributed by atoms with Crippen LogP contribution in [-0.2, 0) is 17.6 Å². The molecular formula is C20H23FINO3. The number of ether oxygens (including phenoxy) is 2. The maximum Gasteiger partial charge on any atom is 0.222 e. The summed E-state index contributed by atoms with van der Waals surface area (Å²) in [4.78, 5) is 14.1. The summed E-state index contributed by atoms with van der Waals surface area (Å²) in [6, 6.07) is 10.4. The van der Waals surface area contributed by atoms with Crippen molar-refractivity contribution in [1.29, 1.82) is 0 Å². The topological polar surface area (TPSA) is 38.8 Å². The van der Waals surface area contributed by atoms with Crippen LogP contribution in [0.2, 0.25) is 0 Å². The van der Waals surface area contributed by atoms with E-state index in [4.69, 9.17) is 9.47 Å². The van der Waals surface area contributed by atoms with Gasteiger partial charge in [0, 0.05) is 23.6 Å². The maximum atomic E-state index is 13.3. The Balaban J connectivity index is 1.88. The summed E-state index contributed by atoms with van der Waals surface area (Å²) < 4.78 is 24.8. The number of hydrogen-bond acceptors (Lipinski definition) is 3. The van der Waals surface area contributed by atoms with Gasteiger partial charge in [0.15, 0.2) is 11.5 Å². The lowest BCUT2D eigenvalue weighted by atomic mass is 10.1. The number of carbonyl (C=O) groups excluding carboxylic acids is 1. The number of methoxy groups -OCH3 is 2. The van der Waals surface area contributed by atoms with Gasteiger partial charge in [-0.1, -0.05) is 6.07 Å². The number of likely N-dealkylation sites (N-methyl/N-ethyl adjacent to an activating group) is 1. The summed E-state index contributed by atoms with van der Waals surface area (Å²) in [6.45, 7) is 0.606. The van der Waals surface area contributed by atoms with E-state index in [1.54, 1.807) is 32.2 Å². The number of rotatable bonds is 8. The molecule has 0 spiro atoms. The Bertz CT molecular complexity index is 767. The smallest absolute Gasteiger partial charge is 0.222 e. The molecule has 0 N–H and O–H groups in total. The van der Waals surface area contributed by atoms with Crippen LogP contribution < -0.4 is 9.47 Å². The molecule has 0 aromatic heterocycles. The molecule has 140 valence electrons. The van der Waals surface area contributed by atoms with Crippen molar-refractivity contribution < 1.29 is 18.7 Å². The predicted octanol–water partition coefficient (Wildman–Crippen LogP) is 4.08. The van der Waals surface area contributed by atoms with Crippen molar-refractivity contribution >= 4 is 28.5 Å². The molecular weight excluding hydrogens is 448 g/mol. The van der Waals surface area contributed by atoms with Gasteiger partial charge in [-0.25, -0.2) is 4.39 Å². The molecule has 0 saturated heterocycles. The van der Waals surface area contributed by atoms with Gasteiger partial charge in [0.05, 0.1) is 14.2 Å². The van der Waals surface area contributed by atoms with E-state index in [0.29, 0.717) is 30.9 Å². The van der Waals surface area contributed by atoms with Gasteiger partial charge in [0.25, 0.3) is 0 Å². The lowest BCUT2D eigenvalue weighted by Crippen LogP contribution is -2.29. The van der Waals surface area contributed by atoms with E-state index in [1.807, 2.05) is 18.2 Å². The normalized spacial score (nSPS) is 10.5. The van der Waals surface area contributed by atoms with Crippen LogP contribution in [-0.4, -0.2) is 38.6 Å². The van der Waals surface area contributed by atoms with E-state index in [1.165, 1.54) is 12.1 Å². The zero-order valence-corrected chi connectivity index (χ0v) is 17.4. The van der Waals surface area contributed by atoms with E-state index in [9.17, 15) is 9.18 Å². The molecule has 0 unspecified atom stereocenters. The molecule has 0 radical (unpaired) electrons. The average molecular weight is 471 g/mol. The molecule has 2 aromatic rings. The lowest BCUT2D eigenvalue weighted by molar-refractivity contribution is -0.129. The highest BCUT2D eigenvalue weighted by molar-refractivity contribution is 14.1. The number of benzene rings is 2. The second-order valence-corrected chi connectivity index (χ2v) is 7.15. The molecule has 1 amide bonds. The molecule has 0 aliphatic rings. The van der Waals surface area contributed by atoms with Crippen LogP contribution in [0.15, 0.2) is 36.4 Å². The Morgan fingerprint density at radius 2 is 1.81 bits per heavy atom. The van der Waals surface area contributed by atoms with Crippen LogP contribution in [0.5, 0.6) is 11.5 Å². The first-order valence-electron chi connectivity index (χ1n) is 8.33. The molecule has 2 rings (SSSR count). The van der Waals surface area contributed by atoms with Crippen LogP contribution in [0.25, 0.3) is 0 Å². The summed E-state index contributed by atoms with van der Waals surface area (Å²) in [5.74, 6) is 1.14. The third-order valence-corrected chi connectivity index (χ3v) is 5.28. The third-order valence-electron chi connectivity index (χ3n) is 4.23. The fraction of sp³-hybridized carbons (Fsp3) is 0.350. The molecule has 4 nitrogen and oxygen atoms in total. The highest BCUT2D eigenvalue weighted by Crippen LogP contribution is 2.27. The molecule has 0 bridgehead atoms. The predicted molar refractivity (Wildman–Crippen MR) is 108 cm³/mol. The highest BCUT2D eigenvalue weighted by atomic mass is 127. The number of hydrogen-bond donors (Lipinski definition) is 0. The monoisotopic (exact) mass is 471 g/mol. The van der Waals surface area contributed by atoms with Crippen molar-refractivity contribution in [2.75, 3.05) is 27.8 Å². The number of nitrogens with zero attached hydrogens (tertiary/aromatic N) is 1. The van der Waals surface area contributed by atoms with Crippen molar-refractivity contribution in [3.63, 3.8) is 0 Å². The minimum atomic E-state index is -0.269. The first kappa shape index (κ1) is 20.5. The van der Waals surface area contributed by atoms with Crippen LogP contribution in [0, 0.1) is 9.39 Å². The molecule has 0 heterocycles. The zero-order valence-electron chi connectivity index (χ0n) is 15.2. The van der Waals surface area contributed by atoms with Crippen molar-refractivity contribution in [3.8, 4) is 11.5 Å². The molecule has 0 saturated carbocycles. The maximum absolute atomic E-state index is 13.3. The highest BCUT2D eigenvalue weighted by Gasteiger charge is 2.12. The largest absolute Gasteiger partial charge is 0.493 e. The Hall–Kier alpha value is -1.83. The van der Waals surface area contributed by atoms with Crippen molar-refractivity contribution in [2.24, 2.45) is 0 Å². The van der Waals surface area contributed by atoms with Gasteiger partial charge in [0.1, 0.15) is 5.82 Å².